The van der Waals surface area contributed by atoms with Gasteiger partial charge in [0.15, 0.2) is 0 Å². The van der Waals surface area contributed by atoms with Crippen LogP contribution in [-0.4, -0.2) is 23.1 Å². The summed E-state index contributed by atoms with van der Waals surface area (Å²) < 4.78 is 2.53. The van der Waals surface area contributed by atoms with E-state index in [1.165, 1.54) is 43.9 Å². The van der Waals surface area contributed by atoms with Crippen LogP contribution in [0.4, 0.5) is 5.69 Å². The van der Waals surface area contributed by atoms with Gasteiger partial charge in [0.25, 0.3) is 5.91 Å². The summed E-state index contributed by atoms with van der Waals surface area (Å²) >= 11 is 0. The molecule has 5 aliphatic rings. The highest BCUT2D eigenvalue weighted by atomic mass is 16.1. The molecule has 0 saturated carbocycles. The monoisotopic (exact) mass is 393 g/mol. The van der Waals surface area contributed by atoms with Crippen LogP contribution >= 0.6 is 0 Å². The van der Waals surface area contributed by atoms with E-state index < -0.39 is 0 Å². The number of hydrogen-bond acceptors (Lipinski definition) is 2. The van der Waals surface area contributed by atoms with Crippen LogP contribution in [-0.2, 0) is 19.5 Å². The number of allylic oxidation sites excluding steroid dienone is 5. The molecule has 1 amide bonds. The van der Waals surface area contributed by atoms with E-state index in [0.29, 0.717) is 6.54 Å². The predicted molar refractivity (Wildman–Crippen MR) is 121 cm³/mol. The fourth-order valence-corrected chi connectivity index (χ4v) is 6.07. The van der Waals surface area contributed by atoms with Crippen molar-refractivity contribution < 1.29 is 4.79 Å². The number of fused-ring (bicyclic) bond motifs is 8. The number of nitrogens with zero attached hydrogens (tertiary/aromatic N) is 2. The number of carbonyl (C=O) groups excluding carboxylic acids is 1. The zero-order valence-corrected chi connectivity index (χ0v) is 16.8. The minimum absolute atomic E-state index is 0.0861. The number of nitrogens with one attached hydrogen (secondary N) is 1. The Bertz CT molecular complexity index is 1400. The van der Waals surface area contributed by atoms with Crippen LogP contribution in [0.3, 0.4) is 0 Å². The lowest BCUT2D eigenvalue weighted by atomic mass is 9.94. The second kappa shape index (κ2) is 5.88. The smallest absolute Gasteiger partial charge is 0.252 e. The van der Waals surface area contributed by atoms with Crippen molar-refractivity contribution in [3.05, 3.63) is 75.9 Å². The summed E-state index contributed by atoms with van der Waals surface area (Å²) in [6.07, 6.45) is 23.1. The van der Waals surface area contributed by atoms with Gasteiger partial charge in [0, 0.05) is 35.6 Å². The van der Waals surface area contributed by atoms with E-state index >= 15 is 0 Å². The second-order valence-electron chi connectivity index (χ2n) is 8.68. The average molecular weight is 393 g/mol. The molecule has 1 unspecified atom stereocenters. The van der Waals surface area contributed by atoms with Gasteiger partial charge in [-0.15, -0.1) is 0 Å². The molecule has 30 heavy (non-hydrogen) atoms. The molecule has 0 radical (unpaired) electrons. The molecule has 1 aromatic heterocycles. The number of anilines is 1. The predicted octanol–water partition coefficient (Wildman–Crippen LogP) is 2.59. The molecule has 7 rings (SSSR count). The molecule has 1 N–H and O–H groups in total. The van der Waals surface area contributed by atoms with Gasteiger partial charge in [-0.25, -0.2) is 0 Å². The second-order valence-corrected chi connectivity index (χ2v) is 8.68. The van der Waals surface area contributed by atoms with E-state index in [9.17, 15) is 4.79 Å². The van der Waals surface area contributed by atoms with Gasteiger partial charge >= 0.3 is 0 Å². The molecule has 148 valence electrons. The first-order valence-corrected chi connectivity index (χ1v) is 11.0. The molecule has 4 nitrogen and oxygen atoms in total. The first kappa shape index (κ1) is 16.5. The third kappa shape index (κ3) is 1.94. The number of amides is 1. The van der Waals surface area contributed by atoms with Crippen LogP contribution in [0.2, 0.25) is 0 Å². The topological polar surface area (TPSA) is 37.3 Å². The minimum Gasteiger partial charge on any atom is -0.358 e. The van der Waals surface area contributed by atoms with Gasteiger partial charge in [0.2, 0.25) is 0 Å². The Kier molecular flexibility index (Phi) is 3.24. The lowest BCUT2D eigenvalue weighted by Gasteiger charge is -2.29. The number of rotatable bonds is 0. The first-order chi connectivity index (χ1) is 14.8. The summed E-state index contributed by atoms with van der Waals surface area (Å²) in [6.45, 7) is 2.57. The Morgan fingerprint density at radius 3 is 2.83 bits per heavy atom. The Morgan fingerprint density at radius 1 is 1.00 bits per heavy atom. The van der Waals surface area contributed by atoms with Crippen LogP contribution in [0.15, 0.2) is 48.6 Å². The van der Waals surface area contributed by atoms with Gasteiger partial charge in [-0.05, 0) is 42.0 Å². The molecule has 0 spiro atoms. The maximum absolute atomic E-state index is 13.1. The molecule has 0 bridgehead atoms. The molecule has 4 heteroatoms. The molecular formula is C26H23N3O. The third-order valence-corrected chi connectivity index (χ3v) is 7.22. The van der Waals surface area contributed by atoms with Crippen LogP contribution in [0.1, 0.15) is 34.3 Å². The molecular weight excluding hydrogens is 370 g/mol. The zero-order valence-electron chi connectivity index (χ0n) is 16.8. The van der Waals surface area contributed by atoms with Gasteiger partial charge < -0.3 is 14.8 Å². The van der Waals surface area contributed by atoms with Crippen molar-refractivity contribution in [1.82, 2.24) is 9.88 Å². The number of aromatic nitrogens is 1. The Hall–Kier alpha value is -3.27. The summed E-state index contributed by atoms with van der Waals surface area (Å²) in [4.78, 5) is 15.6. The minimum atomic E-state index is 0.0861. The van der Waals surface area contributed by atoms with Crippen LogP contribution in [0, 0.1) is 0 Å². The maximum Gasteiger partial charge on any atom is 0.252 e. The largest absolute Gasteiger partial charge is 0.358 e. The highest BCUT2D eigenvalue weighted by Crippen LogP contribution is 2.40. The number of hydrogen-bond donors (Lipinski definition) is 1. The summed E-state index contributed by atoms with van der Waals surface area (Å²) in [5.41, 5.74) is 7.40. The fraction of sp³-hybridized carbons (Fsp3) is 0.269. The normalized spacial score (nSPS) is 23.9. The number of carbonyl (C=O) groups is 1. The Labute approximate surface area is 174 Å². The molecule has 4 heterocycles. The Balaban J connectivity index is 1.74. The van der Waals surface area contributed by atoms with Crippen molar-refractivity contribution in [1.29, 1.82) is 0 Å². The highest BCUT2D eigenvalue weighted by molar-refractivity contribution is 6.12. The molecule has 3 aliphatic heterocycles. The van der Waals surface area contributed by atoms with E-state index in [0.717, 1.165) is 37.9 Å². The SMILES string of the molecule is O=C1NCc2c1c1c3c4c2c2c(n4CC/C=C\CCN3C3C=CC=CC=13)=CC=CC2. The van der Waals surface area contributed by atoms with Crippen LogP contribution in [0.5, 0.6) is 0 Å². The lowest BCUT2D eigenvalue weighted by Crippen LogP contribution is -2.33. The van der Waals surface area contributed by atoms with Crippen molar-refractivity contribution in [2.75, 3.05) is 11.4 Å². The first-order valence-electron chi connectivity index (χ1n) is 11.0. The van der Waals surface area contributed by atoms with E-state index in [1.807, 2.05) is 0 Å². The van der Waals surface area contributed by atoms with Crippen LogP contribution < -0.4 is 20.8 Å². The van der Waals surface area contributed by atoms with Gasteiger partial charge in [-0.1, -0.05) is 48.6 Å². The molecule has 0 saturated heterocycles. The zero-order chi connectivity index (χ0) is 19.8. The standard InChI is InChI=1S/C26H23N3O/c30-26-23-18(15-27-26)21-16-9-3-5-11-19(16)28-13-7-1-2-8-14-29-20-12-6-4-10-17(20)22(23)25(29)24(21)28/h1-6,10-12,20H,7-9,13-15H2,(H,27,30)/b2-1-. The van der Waals surface area contributed by atoms with Crippen molar-refractivity contribution in [3.8, 4) is 0 Å². The van der Waals surface area contributed by atoms with Gasteiger partial charge in [0.1, 0.15) is 0 Å². The molecule has 2 aromatic rings. The van der Waals surface area contributed by atoms with Crippen molar-refractivity contribution in [2.24, 2.45) is 0 Å². The van der Waals surface area contributed by atoms with E-state index in [4.69, 9.17) is 0 Å². The van der Waals surface area contributed by atoms with Crippen molar-refractivity contribution in [2.45, 2.75) is 38.4 Å². The fourth-order valence-electron chi connectivity index (χ4n) is 6.07. The van der Waals surface area contributed by atoms with Gasteiger partial charge in [0.05, 0.1) is 22.8 Å². The van der Waals surface area contributed by atoms with Crippen LogP contribution in [0.25, 0.3) is 22.6 Å². The summed E-state index contributed by atoms with van der Waals surface area (Å²) in [7, 11) is 0. The van der Waals surface area contributed by atoms with Gasteiger partial charge in [-0.2, -0.15) is 0 Å². The maximum atomic E-state index is 13.1. The highest BCUT2D eigenvalue weighted by Gasteiger charge is 2.38. The summed E-state index contributed by atoms with van der Waals surface area (Å²) in [5, 5.41) is 6.96. The number of benzene rings is 1. The molecule has 2 aliphatic carbocycles. The molecule has 1 atom stereocenters. The summed E-state index contributed by atoms with van der Waals surface area (Å²) in [6, 6.07) is 0.211. The Morgan fingerprint density at radius 2 is 1.90 bits per heavy atom. The number of aryl methyl sites for hydroxylation is 1. The third-order valence-electron chi connectivity index (χ3n) is 7.22. The summed E-state index contributed by atoms with van der Waals surface area (Å²) in [5.74, 6) is 0.0861. The molecule has 0 fully saturated rings. The van der Waals surface area contributed by atoms with E-state index in [2.05, 4.69) is 69.5 Å². The van der Waals surface area contributed by atoms with E-state index in [-0.39, 0.29) is 11.9 Å². The quantitative estimate of drug-likeness (QED) is 0.699. The lowest BCUT2D eigenvalue weighted by molar-refractivity contribution is 0.0965. The van der Waals surface area contributed by atoms with Crippen molar-refractivity contribution in [3.63, 3.8) is 0 Å². The van der Waals surface area contributed by atoms with Crippen molar-refractivity contribution >= 4 is 34.1 Å². The molecule has 1 aromatic carbocycles. The average Bonchev–Trinajstić information content (AvgIpc) is 3.41. The van der Waals surface area contributed by atoms with Gasteiger partial charge in [-0.3, -0.25) is 4.79 Å². The van der Waals surface area contributed by atoms with E-state index in [1.54, 1.807) is 0 Å².